The molecule has 1 aliphatic heterocycles. The lowest BCUT2D eigenvalue weighted by Crippen LogP contribution is -2.51. The Hall–Kier alpha value is -3.75. The minimum absolute atomic E-state index is 0.0744. The normalized spacial score (nSPS) is 13.4. The first-order chi connectivity index (χ1) is 15.8. The van der Waals surface area contributed by atoms with Crippen molar-refractivity contribution in [3.63, 3.8) is 0 Å². The number of halogens is 2. The molecule has 6 nitrogen and oxygen atoms in total. The Bertz CT molecular complexity index is 1290. The van der Waals surface area contributed by atoms with Gasteiger partial charge < -0.3 is 9.84 Å². The second-order valence-corrected chi connectivity index (χ2v) is 7.97. The van der Waals surface area contributed by atoms with Crippen molar-refractivity contribution in [2.75, 3.05) is 0 Å². The molecular weight excluding hydrogens is 467 g/mol. The average Bonchev–Trinajstić information content (AvgIpc) is 2.78. The Morgan fingerprint density at radius 1 is 0.970 bits per heavy atom. The van der Waals surface area contributed by atoms with E-state index in [2.05, 4.69) is 10.6 Å². The van der Waals surface area contributed by atoms with Crippen LogP contribution in [0.2, 0.25) is 5.02 Å². The van der Waals surface area contributed by atoms with Gasteiger partial charge in [-0.05, 0) is 71.4 Å². The van der Waals surface area contributed by atoms with Crippen LogP contribution in [0.3, 0.4) is 0 Å². The monoisotopic (exact) mass is 482 g/mol. The molecule has 0 radical (unpaired) electrons. The molecule has 0 aliphatic carbocycles. The maximum absolute atomic E-state index is 13.9. The van der Waals surface area contributed by atoms with Crippen LogP contribution in [0.15, 0.2) is 66.2 Å². The van der Waals surface area contributed by atoms with Crippen molar-refractivity contribution >= 4 is 46.8 Å². The molecule has 1 saturated heterocycles. The summed E-state index contributed by atoms with van der Waals surface area (Å²) in [5, 5.41) is 14.8. The van der Waals surface area contributed by atoms with E-state index in [0.717, 1.165) is 5.56 Å². The van der Waals surface area contributed by atoms with Crippen LogP contribution in [0, 0.1) is 5.82 Å². The Morgan fingerprint density at radius 2 is 1.61 bits per heavy atom. The predicted octanol–water partition coefficient (Wildman–Crippen LogP) is 4.35. The van der Waals surface area contributed by atoms with Gasteiger partial charge in [0, 0.05) is 10.6 Å². The van der Waals surface area contributed by atoms with E-state index < -0.39 is 23.4 Å². The number of hydrogen-bond donors (Lipinski definition) is 3. The molecular formula is C24H16ClFN2O4S. The Balaban J connectivity index is 1.73. The van der Waals surface area contributed by atoms with E-state index in [4.69, 9.17) is 28.6 Å². The van der Waals surface area contributed by atoms with Crippen LogP contribution in [0.25, 0.3) is 17.2 Å². The molecule has 1 heterocycles. The van der Waals surface area contributed by atoms with E-state index in [1.807, 2.05) is 12.1 Å². The van der Waals surface area contributed by atoms with Crippen LogP contribution in [-0.4, -0.2) is 22.0 Å². The van der Waals surface area contributed by atoms with Gasteiger partial charge in [-0.25, -0.2) is 4.39 Å². The Morgan fingerprint density at radius 3 is 2.27 bits per heavy atom. The molecule has 3 aromatic carbocycles. The smallest absolute Gasteiger partial charge is 0.263 e. The number of amides is 2. The van der Waals surface area contributed by atoms with Gasteiger partial charge in [0.05, 0.1) is 0 Å². The second kappa shape index (κ2) is 9.40. The minimum Gasteiger partial charge on any atom is -0.505 e. The summed E-state index contributed by atoms with van der Waals surface area (Å²) in [6.07, 6.45) is 1.38. The lowest BCUT2D eigenvalue weighted by atomic mass is 10.00. The third-order valence-corrected chi connectivity index (χ3v) is 5.30. The van der Waals surface area contributed by atoms with Crippen molar-refractivity contribution in [3.05, 3.63) is 88.2 Å². The SMILES string of the molecule is O=C1NC(=S)NC(=O)C1=Cc1cc(-c2ccc(O)c(F)c2)ccc1OCc1ccc(Cl)cc1. The van der Waals surface area contributed by atoms with Crippen LogP contribution in [0.1, 0.15) is 11.1 Å². The van der Waals surface area contributed by atoms with E-state index in [1.165, 1.54) is 18.2 Å². The van der Waals surface area contributed by atoms with Gasteiger partial charge in [0.15, 0.2) is 16.7 Å². The van der Waals surface area contributed by atoms with E-state index in [1.54, 1.807) is 36.4 Å². The zero-order valence-electron chi connectivity index (χ0n) is 16.9. The molecule has 1 fully saturated rings. The molecule has 3 aromatic rings. The molecule has 4 rings (SSSR count). The van der Waals surface area contributed by atoms with E-state index in [-0.39, 0.29) is 17.3 Å². The molecule has 0 saturated carbocycles. The zero-order chi connectivity index (χ0) is 23.5. The molecule has 0 spiro atoms. The Labute approximate surface area is 198 Å². The number of ether oxygens (including phenoxy) is 1. The van der Waals surface area contributed by atoms with Crippen LogP contribution in [0.4, 0.5) is 4.39 Å². The fourth-order valence-corrected chi connectivity index (χ4v) is 3.47. The van der Waals surface area contributed by atoms with Gasteiger partial charge in [-0.2, -0.15) is 0 Å². The van der Waals surface area contributed by atoms with Crippen LogP contribution in [0.5, 0.6) is 11.5 Å². The molecule has 2 amide bonds. The van der Waals surface area contributed by atoms with Crippen molar-refractivity contribution in [1.82, 2.24) is 10.6 Å². The third-order valence-electron chi connectivity index (χ3n) is 4.84. The van der Waals surface area contributed by atoms with Gasteiger partial charge in [-0.3, -0.25) is 20.2 Å². The van der Waals surface area contributed by atoms with Crippen molar-refractivity contribution < 1.29 is 23.8 Å². The van der Waals surface area contributed by atoms with E-state index in [0.29, 0.717) is 27.5 Å². The maximum Gasteiger partial charge on any atom is 0.263 e. The lowest BCUT2D eigenvalue weighted by molar-refractivity contribution is -0.123. The number of nitrogens with one attached hydrogen (secondary N) is 2. The second-order valence-electron chi connectivity index (χ2n) is 7.13. The van der Waals surface area contributed by atoms with Gasteiger partial charge in [0.25, 0.3) is 11.8 Å². The highest BCUT2D eigenvalue weighted by Gasteiger charge is 2.26. The number of hydrogen-bond acceptors (Lipinski definition) is 5. The summed E-state index contributed by atoms with van der Waals surface area (Å²) in [4.78, 5) is 24.6. The van der Waals surface area contributed by atoms with Crippen LogP contribution in [-0.2, 0) is 16.2 Å². The van der Waals surface area contributed by atoms with Gasteiger partial charge in [-0.15, -0.1) is 0 Å². The first-order valence-electron chi connectivity index (χ1n) is 9.69. The molecule has 0 bridgehead atoms. The topological polar surface area (TPSA) is 87.7 Å². The summed E-state index contributed by atoms with van der Waals surface area (Å²) in [7, 11) is 0. The number of phenols is 1. The third kappa shape index (κ3) is 5.19. The highest BCUT2D eigenvalue weighted by molar-refractivity contribution is 7.80. The number of rotatable bonds is 5. The first kappa shape index (κ1) is 22.4. The Kier molecular flexibility index (Phi) is 6.39. The number of carbonyl (C=O) groups is 2. The molecule has 0 atom stereocenters. The highest BCUT2D eigenvalue weighted by atomic mass is 35.5. The number of carbonyl (C=O) groups excluding carboxylic acids is 2. The van der Waals surface area contributed by atoms with Crippen molar-refractivity contribution in [2.45, 2.75) is 6.61 Å². The summed E-state index contributed by atoms with van der Waals surface area (Å²) in [5.74, 6) is -2.12. The quantitative estimate of drug-likeness (QED) is 0.286. The van der Waals surface area contributed by atoms with Gasteiger partial charge in [0.2, 0.25) is 0 Å². The molecule has 0 unspecified atom stereocenters. The average molecular weight is 483 g/mol. The standard InChI is InChI=1S/C24H16ClFN2O4S/c25-17-5-1-13(2-6-17)12-32-21-8-4-14(15-3-7-20(29)19(26)11-15)9-16(21)10-18-22(30)27-24(33)28-23(18)31/h1-11,29H,12H2,(H2,27,28,30,31,33). The molecule has 3 N–H and O–H groups in total. The lowest BCUT2D eigenvalue weighted by Gasteiger charge is -2.17. The number of benzene rings is 3. The predicted molar refractivity (Wildman–Crippen MR) is 126 cm³/mol. The fourth-order valence-electron chi connectivity index (χ4n) is 3.16. The maximum atomic E-state index is 13.9. The highest BCUT2D eigenvalue weighted by Crippen LogP contribution is 2.31. The number of thiocarbonyl (C=S) groups is 1. The molecule has 33 heavy (non-hydrogen) atoms. The summed E-state index contributed by atoms with van der Waals surface area (Å²) in [6, 6.07) is 16.1. The molecule has 166 valence electrons. The summed E-state index contributed by atoms with van der Waals surface area (Å²) >= 11 is 10.8. The van der Waals surface area contributed by atoms with E-state index in [9.17, 15) is 19.1 Å². The van der Waals surface area contributed by atoms with Gasteiger partial charge >= 0.3 is 0 Å². The summed E-state index contributed by atoms with van der Waals surface area (Å²) in [5.41, 5.74) is 2.21. The zero-order valence-corrected chi connectivity index (χ0v) is 18.5. The molecule has 0 aromatic heterocycles. The van der Waals surface area contributed by atoms with Gasteiger partial charge in [-0.1, -0.05) is 35.9 Å². The minimum atomic E-state index is -0.769. The van der Waals surface area contributed by atoms with Crippen molar-refractivity contribution in [3.8, 4) is 22.6 Å². The van der Waals surface area contributed by atoms with Crippen molar-refractivity contribution in [1.29, 1.82) is 0 Å². The van der Waals surface area contributed by atoms with Gasteiger partial charge in [0.1, 0.15) is 17.9 Å². The fraction of sp³-hybridized carbons (Fsp3) is 0.0417. The molecule has 9 heteroatoms. The van der Waals surface area contributed by atoms with E-state index >= 15 is 0 Å². The van der Waals surface area contributed by atoms with Crippen molar-refractivity contribution in [2.24, 2.45) is 0 Å². The first-order valence-corrected chi connectivity index (χ1v) is 10.5. The summed E-state index contributed by atoms with van der Waals surface area (Å²) < 4.78 is 19.8. The summed E-state index contributed by atoms with van der Waals surface area (Å²) in [6.45, 7) is 0.211. The number of aromatic hydroxyl groups is 1. The van der Waals surface area contributed by atoms with Crippen LogP contribution < -0.4 is 15.4 Å². The van der Waals surface area contributed by atoms with Crippen LogP contribution >= 0.6 is 23.8 Å². The number of phenolic OH excluding ortho intramolecular Hbond substituents is 1. The molecule has 1 aliphatic rings. The largest absolute Gasteiger partial charge is 0.505 e.